The fourth-order valence-corrected chi connectivity index (χ4v) is 1.83. The lowest BCUT2D eigenvalue weighted by molar-refractivity contribution is 0.111. The van der Waals surface area contributed by atoms with Crippen molar-refractivity contribution in [1.29, 1.82) is 0 Å². The SMILES string of the molecule is COc1ccc(OCc2cc(F)ccc2C)c(C=O)c1. The van der Waals surface area contributed by atoms with Crippen LogP contribution in [0.1, 0.15) is 21.5 Å². The normalized spacial score (nSPS) is 10.2. The number of hydrogen-bond donors (Lipinski definition) is 0. The molecule has 0 aromatic heterocycles. The van der Waals surface area contributed by atoms with E-state index in [9.17, 15) is 9.18 Å². The Hall–Kier alpha value is -2.36. The maximum absolute atomic E-state index is 13.2. The Balaban J connectivity index is 2.18. The molecule has 2 rings (SSSR count). The topological polar surface area (TPSA) is 35.5 Å². The Bertz CT molecular complexity index is 623. The molecule has 0 N–H and O–H groups in total. The molecule has 0 heterocycles. The molecule has 104 valence electrons. The van der Waals surface area contributed by atoms with Gasteiger partial charge in [-0.15, -0.1) is 0 Å². The van der Waals surface area contributed by atoms with Crippen LogP contribution in [-0.4, -0.2) is 13.4 Å². The van der Waals surface area contributed by atoms with Crippen LogP contribution in [0, 0.1) is 12.7 Å². The van der Waals surface area contributed by atoms with E-state index in [1.54, 1.807) is 24.3 Å². The van der Waals surface area contributed by atoms with E-state index in [2.05, 4.69) is 0 Å². The lowest BCUT2D eigenvalue weighted by Crippen LogP contribution is -2.01. The van der Waals surface area contributed by atoms with E-state index in [1.165, 1.54) is 19.2 Å². The van der Waals surface area contributed by atoms with Crippen LogP contribution in [0.5, 0.6) is 11.5 Å². The second-order valence-electron chi connectivity index (χ2n) is 4.38. The molecule has 0 spiro atoms. The summed E-state index contributed by atoms with van der Waals surface area (Å²) in [5.41, 5.74) is 2.09. The minimum Gasteiger partial charge on any atom is -0.497 e. The number of methoxy groups -OCH3 is 1. The number of hydrogen-bond acceptors (Lipinski definition) is 3. The minimum absolute atomic E-state index is 0.205. The molecule has 0 aliphatic carbocycles. The van der Waals surface area contributed by atoms with Gasteiger partial charge < -0.3 is 9.47 Å². The van der Waals surface area contributed by atoms with Crippen LogP contribution in [0.25, 0.3) is 0 Å². The average molecular weight is 274 g/mol. The van der Waals surface area contributed by atoms with E-state index >= 15 is 0 Å². The quantitative estimate of drug-likeness (QED) is 0.782. The lowest BCUT2D eigenvalue weighted by atomic mass is 10.1. The molecular formula is C16H15FO3. The largest absolute Gasteiger partial charge is 0.497 e. The van der Waals surface area contributed by atoms with Crippen molar-refractivity contribution in [1.82, 2.24) is 0 Å². The highest BCUT2D eigenvalue weighted by atomic mass is 19.1. The van der Waals surface area contributed by atoms with E-state index in [0.717, 1.165) is 11.1 Å². The summed E-state index contributed by atoms with van der Waals surface area (Å²) >= 11 is 0. The molecule has 0 fully saturated rings. The first-order valence-corrected chi connectivity index (χ1v) is 6.15. The molecule has 0 radical (unpaired) electrons. The van der Waals surface area contributed by atoms with Gasteiger partial charge in [-0.2, -0.15) is 0 Å². The van der Waals surface area contributed by atoms with E-state index < -0.39 is 0 Å². The predicted molar refractivity (Wildman–Crippen MR) is 73.9 cm³/mol. The maximum atomic E-state index is 13.2. The first-order valence-electron chi connectivity index (χ1n) is 6.15. The summed E-state index contributed by atoms with van der Waals surface area (Å²) in [4.78, 5) is 11.0. The molecule has 0 atom stereocenters. The summed E-state index contributed by atoms with van der Waals surface area (Å²) in [7, 11) is 1.53. The second-order valence-corrected chi connectivity index (χ2v) is 4.38. The van der Waals surface area contributed by atoms with Gasteiger partial charge in [0.1, 0.15) is 23.9 Å². The Morgan fingerprint density at radius 1 is 1.20 bits per heavy atom. The third-order valence-corrected chi connectivity index (χ3v) is 3.04. The molecule has 0 amide bonds. The zero-order valence-electron chi connectivity index (χ0n) is 11.4. The number of halogens is 1. The second kappa shape index (κ2) is 6.19. The van der Waals surface area contributed by atoms with Crippen LogP contribution in [0.2, 0.25) is 0 Å². The lowest BCUT2D eigenvalue weighted by Gasteiger charge is -2.11. The van der Waals surface area contributed by atoms with Crippen LogP contribution >= 0.6 is 0 Å². The summed E-state index contributed by atoms with van der Waals surface area (Å²) in [6.07, 6.45) is 0.705. The standard InChI is InChI=1S/C16H15FO3/c1-11-3-4-14(17)7-13(11)10-20-16-6-5-15(19-2)8-12(16)9-18/h3-9H,10H2,1-2H3. The maximum Gasteiger partial charge on any atom is 0.153 e. The third-order valence-electron chi connectivity index (χ3n) is 3.04. The van der Waals surface area contributed by atoms with Gasteiger partial charge in [0.25, 0.3) is 0 Å². The van der Waals surface area contributed by atoms with Crippen LogP contribution in [0.4, 0.5) is 4.39 Å². The highest BCUT2D eigenvalue weighted by Gasteiger charge is 2.07. The van der Waals surface area contributed by atoms with Crippen LogP contribution in [-0.2, 0) is 6.61 Å². The van der Waals surface area contributed by atoms with Gasteiger partial charge in [0.2, 0.25) is 0 Å². The van der Waals surface area contributed by atoms with Crippen molar-refractivity contribution in [2.45, 2.75) is 13.5 Å². The van der Waals surface area contributed by atoms with Gasteiger partial charge in [-0.25, -0.2) is 4.39 Å². The molecule has 0 unspecified atom stereocenters. The number of ether oxygens (including phenoxy) is 2. The molecule has 3 nitrogen and oxygen atoms in total. The first-order chi connectivity index (χ1) is 9.63. The van der Waals surface area contributed by atoms with Crippen LogP contribution < -0.4 is 9.47 Å². The highest BCUT2D eigenvalue weighted by molar-refractivity contribution is 5.80. The summed E-state index contributed by atoms with van der Waals surface area (Å²) in [5, 5.41) is 0. The smallest absolute Gasteiger partial charge is 0.153 e. The minimum atomic E-state index is -0.306. The van der Waals surface area contributed by atoms with Crippen molar-refractivity contribution < 1.29 is 18.7 Å². The van der Waals surface area contributed by atoms with Gasteiger partial charge in [0.15, 0.2) is 6.29 Å². The van der Waals surface area contributed by atoms with Crippen LogP contribution in [0.15, 0.2) is 36.4 Å². The van der Waals surface area contributed by atoms with Gasteiger partial charge >= 0.3 is 0 Å². The van der Waals surface area contributed by atoms with Crippen molar-refractivity contribution in [3.8, 4) is 11.5 Å². The van der Waals surface area contributed by atoms with Gasteiger partial charge in [-0.1, -0.05) is 6.07 Å². The highest BCUT2D eigenvalue weighted by Crippen LogP contribution is 2.24. The Morgan fingerprint density at radius 2 is 2.00 bits per heavy atom. The predicted octanol–water partition coefficient (Wildman–Crippen LogP) is 3.53. The van der Waals surface area contributed by atoms with Crippen LogP contribution in [0.3, 0.4) is 0 Å². The van der Waals surface area contributed by atoms with Crippen molar-refractivity contribution in [2.24, 2.45) is 0 Å². The van der Waals surface area contributed by atoms with Gasteiger partial charge in [-0.3, -0.25) is 4.79 Å². The van der Waals surface area contributed by atoms with Crippen molar-refractivity contribution in [3.63, 3.8) is 0 Å². The molecule has 0 saturated carbocycles. The molecule has 0 bridgehead atoms. The fourth-order valence-electron chi connectivity index (χ4n) is 1.83. The number of benzene rings is 2. The van der Waals surface area contributed by atoms with Gasteiger partial charge in [0.05, 0.1) is 12.7 Å². The molecule has 2 aromatic rings. The first kappa shape index (κ1) is 14.1. The molecule has 0 aliphatic rings. The number of aryl methyl sites for hydroxylation is 1. The average Bonchev–Trinajstić information content (AvgIpc) is 2.48. The zero-order chi connectivity index (χ0) is 14.5. The van der Waals surface area contributed by atoms with Crippen molar-refractivity contribution in [2.75, 3.05) is 7.11 Å². The molecule has 0 saturated heterocycles. The Labute approximate surface area is 117 Å². The van der Waals surface area contributed by atoms with E-state index in [0.29, 0.717) is 23.3 Å². The van der Waals surface area contributed by atoms with Crippen molar-refractivity contribution >= 4 is 6.29 Å². The fraction of sp³-hybridized carbons (Fsp3) is 0.188. The number of rotatable bonds is 5. The Kier molecular flexibility index (Phi) is 4.35. The van der Waals surface area contributed by atoms with E-state index in [1.807, 2.05) is 6.92 Å². The number of carbonyl (C=O) groups is 1. The van der Waals surface area contributed by atoms with Gasteiger partial charge in [-0.05, 0) is 48.4 Å². The van der Waals surface area contributed by atoms with E-state index in [-0.39, 0.29) is 12.4 Å². The molecule has 2 aromatic carbocycles. The summed E-state index contributed by atoms with van der Waals surface area (Å²) < 4.78 is 23.8. The molecule has 20 heavy (non-hydrogen) atoms. The third kappa shape index (κ3) is 3.15. The number of aldehydes is 1. The van der Waals surface area contributed by atoms with Gasteiger partial charge in [0, 0.05) is 0 Å². The Morgan fingerprint density at radius 3 is 2.70 bits per heavy atom. The summed E-state index contributed by atoms with van der Waals surface area (Å²) in [5.74, 6) is 0.727. The zero-order valence-corrected chi connectivity index (χ0v) is 11.4. The van der Waals surface area contributed by atoms with Crippen molar-refractivity contribution in [3.05, 3.63) is 58.9 Å². The monoisotopic (exact) mass is 274 g/mol. The number of carbonyl (C=O) groups excluding carboxylic acids is 1. The summed E-state index contributed by atoms with van der Waals surface area (Å²) in [6, 6.07) is 9.50. The summed E-state index contributed by atoms with van der Waals surface area (Å²) in [6.45, 7) is 2.09. The van der Waals surface area contributed by atoms with E-state index in [4.69, 9.17) is 9.47 Å². The molecular weight excluding hydrogens is 259 g/mol. The molecule has 4 heteroatoms. The molecule has 0 aliphatic heterocycles.